The fourth-order valence-electron chi connectivity index (χ4n) is 2.73. The van der Waals surface area contributed by atoms with Gasteiger partial charge in [0, 0.05) is 19.2 Å². The number of likely N-dealkylation sites (N-methyl/N-ethyl adjacent to an activating group) is 1. The van der Waals surface area contributed by atoms with Crippen LogP contribution < -0.4 is 10.1 Å². The monoisotopic (exact) mass is 368 g/mol. The summed E-state index contributed by atoms with van der Waals surface area (Å²) in [5, 5.41) is 2.90. The van der Waals surface area contributed by atoms with E-state index in [0.29, 0.717) is 19.4 Å². The van der Waals surface area contributed by atoms with Crippen molar-refractivity contribution in [2.75, 3.05) is 25.5 Å². The zero-order valence-electron chi connectivity index (χ0n) is 16.5. The number of hydrogen-bond acceptors (Lipinski definition) is 3. The quantitative estimate of drug-likeness (QED) is 0.720. The first-order valence-corrected chi connectivity index (χ1v) is 9.16. The van der Waals surface area contributed by atoms with Gasteiger partial charge in [0.05, 0.1) is 13.2 Å². The van der Waals surface area contributed by atoms with E-state index in [1.165, 1.54) is 10.5 Å². The van der Waals surface area contributed by atoms with E-state index in [-0.39, 0.29) is 18.4 Å². The van der Waals surface area contributed by atoms with Gasteiger partial charge in [-0.25, -0.2) is 0 Å². The molecule has 2 aromatic carbocycles. The third-order valence-corrected chi connectivity index (χ3v) is 4.38. The molecule has 5 nitrogen and oxygen atoms in total. The smallest absolute Gasteiger partial charge is 0.243 e. The number of nitrogens with one attached hydrogen (secondary N) is 1. The molecule has 0 aliphatic rings. The van der Waals surface area contributed by atoms with Gasteiger partial charge in [-0.2, -0.15) is 0 Å². The van der Waals surface area contributed by atoms with E-state index in [0.717, 1.165) is 22.6 Å². The minimum atomic E-state index is -0.195. The molecule has 0 fully saturated rings. The maximum absolute atomic E-state index is 12.2. The van der Waals surface area contributed by atoms with Crippen molar-refractivity contribution in [3.05, 3.63) is 59.2 Å². The fourth-order valence-corrected chi connectivity index (χ4v) is 2.73. The van der Waals surface area contributed by atoms with Crippen LogP contribution in [-0.2, 0) is 9.59 Å². The standard InChI is InChI=1S/C22H28N2O3/c1-16-10-12-19(13-11-16)27-14-6-9-21(26)24(4)15-20(25)23-22-17(2)7-5-8-18(22)3/h5,7-8,10-13H,6,9,14-15H2,1-4H3,(H,23,25). The Kier molecular flexibility index (Phi) is 7.41. The average Bonchev–Trinajstić information content (AvgIpc) is 2.63. The highest BCUT2D eigenvalue weighted by molar-refractivity contribution is 5.95. The number of benzene rings is 2. The highest BCUT2D eigenvalue weighted by Gasteiger charge is 2.14. The molecule has 0 atom stereocenters. The summed E-state index contributed by atoms with van der Waals surface area (Å²) in [6.45, 7) is 6.43. The van der Waals surface area contributed by atoms with Gasteiger partial charge < -0.3 is 15.0 Å². The van der Waals surface area contributed by atoms with E-state index >= 15 is 0 Å². The van der Waals surface area contributed by atoms with Crippen LogP contribution in [0.25, 0.3) is 0 Å². The van der Waals surface area contributed by atoms with Gasteiger partial charge in [-0.1, -0.05) is 35.9 Å². The topological polar surface area (TPSA) is 58.6 Å². The molecule has 5 heteroatoms. The van der Waals surface area contributed by atoms with Crippen molar-refractivity contribution in [3.63, 3.8) is 0 Å². The number of carbonyl (C=O) groups excluding carboxylic acids is 2. The molecule has 0 unspecified atom stereocenters. The molecule has 2 rings (SSSR count). The van der Waals surface area contributed by atoms with Crippen LogP contribution in [0.5, 0.6) is 5.75 Å². The lowest BCUT2D eigenvalue weighted by Gasteiger charge is -2.18. The second kappa shape index (κ2) is 9.76. The molecule has 0 aliphatic carbocycles. The number of aryl methyl sites for hydroxylation is 3. The number of rotatable bonds is 8. The number of amides is 2. The summed E-state index contributed by atoms with van der Waals surface area (Å²) in [4.78, 5) is 25.9. The van der Waals surface area contributed by atoms with E-state index in [1.807, 2.05) is 63.2 Å². The number of anilines is 1. The first kappa shape index (κ1) is 20.5. The molecule has 0 saturated heterocycles. The van der Waals surface area contributed by atoms with E-state index in [2.05, 4.69) is 5.32 Å². The van der Waals surface area contributed by atoms with Gasteiger partial charge in [-0.15, -0.1) is 0 Å². The third-order valence-electron chi connectivity index (χ3n) is 4.38. The second-order valence-electron chi connectivity index (χ2n) is 6.83. The van der Waals surface area contributed by atoms with Crippen LogP contribution in [0.2, 0.25) is 0 Å². The van der Waals surface area contributed by atoms with Crippen molar-refractivity contribution in [2.24, 2.45) is 0 Å². The minimum absolute atomic E-state index is 0.0332. The lowest BCUT2D eigenvalue weighted by atomic mass is 10.1. The summed E-state index contributed by atoms with van der Waals surface area (Å²) in [6, 6.07) is 13.7. The summed E-state index contributed by atoms with van der Waals surface area (Å²) < 4.78 is 5.63. The summed E-state index contributed by atoms with van der Waals surface area (Å²) in [7, 11) is 1.65. The summed E-state index contributed by atoms with van der Waals surface area (Å²) in [5.74, 6) is 0.535. The molecule has 0 saturated carbocycles. The lowest BCUT2D eigenvalue weighted by molar-refractivity contribution is -0.133. The Hall–Kier alpha value is -2.82. The molecule has 0 heterocycles. The zero-order chi connectivity index (χ0) is 19.8. The average molecular weight is 368 g/mol. The van der Waals surface area contributed by atoms with E-state index < -0.39 is 0 Å². The van der Waals surface area contributed by atoms with Crippen molar-refractivity contribution in [2.45, 2.75) is 33.6 Å². The molecular formula is C22H28N2O3. The lowest BCUT2D eigenvalue weighted by Crippen LogP contribution is -2.35. The van der Waals surface area contributed by atoms with Crippen molar-refractivity contribution in [3.8, 4) is 5.75 Å². The Morgan fingerprint density at radius 3 is 2.26 bits per heavy atom. The number of ether oxygens (including phenoxy) is 1. The predicted molar refractivity (Wildman–Crippen MR) is 108 cm³/mol. The fraction of sp³-hybridized carbons (Fsp3) is 0.364. The third kappa shape index (κ3) is 6.44. The van der Waals surface area contributed by atoms with Gasteiger partial charge >= 0.3 is 0 Å². The van der Waals surface area contributed by atoms with Crippen LogP contribution in [-0.4, -0.2) is 36.9 Å². The van der Waals surface area contributed by atoms with Crippen LogP contribution in [0.3, 0.4) is 0 Å². The Morgan fingerprint density at radius 1 is 1.00 bits per heavy atom. The van der Waals surface area contributed by atoms with Crippen LogP contribution in [0, 0.1) is 20.8 Å². The number of hydrogen-bond donors (Lipinski definition) is 1. The maximum atomic E-state index is 12.2. The Bertz CT molecular complexity index is 764. The SMILES string of the molecule is Cc1ccc(OCCCC(=O)N(C)CC(=O)Nc2c(C)cccc2C)cc1. The van der Waals surface area contributed by atoms with Gasteiger partial charge in [0.1, 0.15) is 5.75 Å². The van der Waals surface area contributed by atoms with Crippen molar-refractivity contribution in [1.29, 1.82) is 0 Å². The van der Waals surface area contributed by atoms with Crippen molar-refractivity contribution < 1.29 is 14.3 Å². The summed E-state index contributed by atoms with van der Waals surface area (Å²) in [6.07, 6.45) is 0.953. The molecule has 27 heavy (non-hydrogen) atoms. The van der Waals surface area contributed by atoms with Gasteiger partial charge in [-0.3, -0.25) is 9.59 Å². The molecule has 2 aromatic rings. The van der Waals surface area contributed by atoms with Gasteiger partial charge in [0.25, 0.3) is 0 Å². The predicted octanol–water partition coefficient (Wildman–Crippen LogP) is 3.87. The Labute approximate surface area is 161 Å². The van der Waals surface area contributed by atoms with Crippen LogP contribution >= 0.6 is 0 Å². The molecule has 0 aliphatic heterocycles. The normalized spacial score (nSPS) is 10.4. The van der Waals surface area contributed by atoms with E-state index in [4.69, 9.17) is 4.74 Å². The molecular weight excluding hydrogens is 340 g/mol. The van der Waals surface area contributed by atoms with Crippen LogP contribution in [0.1, 0.15) is 29.5 Å². The van der Waals surface area contributed by atoms with Crippen LogP contribution in [0.4, 0.5) is 5.69 Å². The van der Waals surface area contributed by atoms with Crippen LogP contribution in [0.15, 0.2) is 42.5 Å². The van der Waals surface area contributed by atoms with Gasteiger partial charge in [0.2, 0.25) is 11.8 Å². The van der Waals surface area contributed by atoms with E-state index in [1.54, 1.807) is 7.05 Å². The van der Waals surface area contributed by atoms with Gasteiger partial charge in [-0.05, 0) is 50.5 Å². The Morgan fingerprint density at radius 2 is 1.63 bits per heavy atom. The number of carbonyl (C=O) groups is 2. The summed E-state index contributed by atoms with van der Waals surface area (Å²) in [5.41, 5.74) is 4.00. The highest BCUT2D eigenvalue weighted by atomic mass is 16.5. The van der Waals surface area contributed by atoms with Crippen molar-refractivity contribution >= 4 is 17.5 Å². The molecule has 0 spiro atoms. The first-order chi connectivity index (χ1) is 12.9. The molecule has 0 aromatic heterocycles. The molecule has 1 N–H and O–H groups in total. The number of nitrogens with zero attached hydrogens (tertiary/aromatic N) is 1. The zero-order valence-corrected chi connectivity index (χ0v) is 16.5. The number of para-hydroxylation sites is 1. The van der Waals surface area contributed by atoms with E-state index in [9.17, 15) is 9.59 Å². The molecule has 2 amide bonds. The highest BCUT2D eigenvalue weighted by Crippen LogP contribution is 2.19. The van der Waals surface area contributed by atoms with Gasteiger partial charge in [0.15, 0.2) is 0 Å². The largest absolute Gasteiger partial charge is 0.494 e. The summed E-state index contributed by atoms with van der Waals surface area (Å²) >= 11 is 0. The maximum Gasteiger partial charge on any atom is 0.243 e. The molecule has 0 bridgehead atoms. The second-order valence-corrected chi connectivity index (χ2v) is 6.83. The Balaban J connectivity index is 1.73. The van der Waals surface area contributed by atoms with Crippen molar-refractivity contribution in [1.82, 2.24) is 4.90 Å². The molecule has 0 radical (unpaired) electrons. The first-order valence-electron chi connectivity index (χ1n) is 9.16. The minimum Gasteiger partial charge on any atom is -0.494 e. The molecule has 144 valence electrons.